The molecule has 5 nitrogen and oxygen atoms in total. The molecule has 1 unspecified atom stereocenters. The Morgan fingerprint density at radius 3 is 2.28 bits per heavy atom. The number of hydrogen-bond acceptors (Lipinski definition) is 3. The Balaban J connectivity index is 1.40. The van der Waals surface area contributed by atoms with Crippen LogP contribution >= 0.6 is 0 Å². The van der Waals surface area contributed by atoms with Gasteiger partial charge in [0.1, 0.15) is 23.2 Å². The minimum Gasteiger partial charge on any atom is -0.457 e. The summed E-state index contributed by atoms with van der Waals surface area (Å²) in [5.41, 5.74) is 1.18. The molecule has 1 aliphatic rings. The number of nitrogens with one attached hydrogen (secondary N) is 1. The fraction of sp³-hybridized carbons (Fsp3) is 0.130. The number of hydrogen-bond donors (Lipinski definition) is 1. The highest BCUT2D eigenvalue weighted by atomic mass is 19.1. The normalized spacial score (nSPS) is 16.0. The molecule has 6 heteroatoms. The van der Waals surface area contributed by atoms with Crippen LogP contribution in [0.4, 0.5) is 15.8 Å². The Hall–Kier alpha value is -3.67. The Bertz CT molecular complexity index is 1000. The van der Waals surface area contributed by atoms with Gasteiger partial charge in [-0.05, 0) is 67.1 Å². The van der Waals surface area contributed by atoms with E-state index in [-0.39, 0.29) is 17.6 Å². The zero-order valence-corrected chi connectivity index (χ0v) is 15.5. The number of benzene rings is 3. The predicted octanol–water partition coefficient (Wildman–Crippen LogP) is 4.61. The number of nitrogens with zero attached hydrogens (tertiary/aromatic N) is 1. The lowest BCUT2D eigenvalue weighted by Gasteiger charge is -2.17. The van der Waals surface area contributed by atoms with Crippen molar-refractivity contribution in [2.75, 3.05) is 16.8 Å². The van der Waals surface area contributed by atoms with Crippen LogP contribution in [0.5, 0.6) is 11.5 Å². The van der Waals surface area contributed by atoms with E-state index in [0.29, 0.717) is 30.1 Å². The zero-order valence-electron chi connectivity index (χ0n) is 15.5. The van der Waals surface area contributed by atoms with E-state index >= 15 is 0 Å². The van der Waals surface area contributed by atoms with Gasteiger partial charge in [-0.1, -0.05) is 18.2 Å². The molecule has 1 fully saturated rings. The standard InChI is InChI=1S/C23H19FN2O3/c24-16-6-8-17(9-7-16)25-22(27)21-14-15-26(23(21)28)18-10-12-20(13-11-18)29-19-4-2-1-3-5-19/h1-13,21H,14-15H2,(H,25,27). The average molecular weight is 390 g/mol. The van der Waals surface area contributed by atoms with E-state index in [1.54, 1.807) is 29.2 Å². The summed E-state index contributed by atoms with van der Waals surface area (Å²) >= 11 is 0. The van der Waals surface area contributed by atoms with Gasteiger partial charge in [-0.15, -0.1) is 0 Å². The summed E-state index contributed by atoms with van der Waals surface area (Å²) in [5.74, 6) is -0.382. The minimum absolute atomic E-state index is 0.249. The van der Waals surface area contributed by atoms with Gasteiger partial charge >= 0.3 is 0 Å². The second-order valence-corrected chi connectivity index (χ2v) is 6.74. The molecule has 0 radical (unpaired) electrons. The number of rotatable bonds is 5. The van der Waals surface area contributed by atoms with Crippen molar-refractivity contribution in [2.45, 2.75) is 6.42 Å². The van der Waals surface area contributed by atoms with Gasteiger partial charge in [-0.3, -0.25) is 9.59 Å². The lowest BCUT2D eigenvalue weighted by atomic mass is 10.1. The number of ether oxygens (including phenoxy) is 1. The third-order valence-electron chi connectivity index (χ3n) is 4.76. The molecule has 0 spiro atoms. The van der Waals surface area contributed by atoms with Crippen molar-refractivity contribution in [3.8, 4) is 11.5 Å². The van der Waals surface area contributed by atoms with Crippen LogP contribution < -0.4 is 15.0 Å². The maximum absolute atomic E-state index is 13.0. The third-order valence-corrected chi connectivity index (χ3v) is 4.76. The molecule has 146 valence electrons. The van der Waals surface area contributed by atoms with Gasteiger partial charge in [0.25, 0.3) is 0 Å². The molecule has 3 aromatic carbocycles. The lowest BCUT2D eigenvalue weighted by molar-refractivity contribution is -0.129. The quantitative estimate of drug-likeness (QED) is 0.647. The Labute approximate surface area is 167 Å². The van der Waals surface area contributed by atoms with Crippen LogP contribution in [-0.4, -0.2) is 18.4 Å². The molecule has 0 bridgehead atoms. The number of anilines is 2. The lowest BCUT2D eigenvalue weighted by Crippen LogP contribution is -2.33. The van der Waals surface area contributed by atoms with Crippen LogP contribution in [0.2, 0.25) is 0 Å². The molecule has 29 heavy (non-hydrogen) atoms. The second-order valence-electron chi connectivity index (χ2n) is 6.74. The summed E-state index contributed by atoms with van der Waals surface area (Å²) < 4.78 is 18.8. The number of amides is 2. The van der Waals surface area contributed by atoms with Crippen molar-refractivity contribution in [2.24, 2.45) is 5.92 Å². The molecule has 1 saturated heterocycles. The molecule has 1 atom stereocenters. The van der Waals surface area contributed by atoms with Crippen molar-refractivity contribution in [3.63, 3.8) is 0 Å². The predicted molar refractivity (Wildman–Crippen MR) is 108 cm³/mol. The molecule has 2 amide bonds. The molecular formula is C23H19FN2O3. The smallest absolute Gasteiger partial charge is 0.239 e. The number of carbonyl (C=O) groups excluding carboxylic acids is 2. The van der Waals surface area contributed by atoms with E-state index in [2.05, 4.69) is 5.32 Å². The van der Waals surface area contributed by atoms with Gasteiger partial charge in [0.05, 0.1) is 0 Å². The van der Waals surface area contributed by atoms with E-state index in [4.69, 9.17) is 4.74 Å². The van der Waals surface area contributed by atoms with Crippen molar-refractivity contribution in [1.29, 1.82) is 0 Å². The van der Waals surface area contributed by atoms with E-state index in [1.165, 1.54) is 24.3 Å². The van der Waals surface area contributed by atoms with E-state index in [9.17, 15) is 14.0 Å². The van der Waals surface area contributed by atoms with Crippen molar-refractivity contribution in [3.05, 3.63) is 84.7 Å². The van der Waals surface area contributed by atoms with Crippen molar-refractivity contribution < 1.29 is 18.7 Å². The highest BCUT2D eigenvalue weighted by Gasteiger charge is 2.37. The van der Waals surface area contributed by atoms with Crippen LogP contribution in [0.1, 0.15) is 6.42 Å². The van der Waals surface area contributed by atoms with Crippen molar-refractivity contribution in [1.82, 2.24) is 0 Å². The second kappa shape index (κ2) is 8.14. The largest absolute Gasteiger partial charge is 0.457 e. The van der Waals surface area contributed by atoms with Crippen LogP contribution in [0.15, 0.2) is 78.9 Å². The number of para-hydroxylation sites is 1. The summed E-state index contributed by atoms with van der Waals surface area (Å²) in [7, 11) is 0. The Morgan fingerprint density at radius 1 is 0.931 bits per heavy atom. The van der Waals surface area contributed by atoms with Gasteiger partial charge in [0, 0.05) is 17.9 Å². The van der Waals surface area contributed by atoms with E-state index in [0.717, 1.165) is 5.75 Å². The molecule has 1 N–H and O–H groups in total. The molecule has 0 aromatic heterocycles. The summed E-state index contributed by atoms with van der Waals surface area (Å²) in [5, 5.41) is 2.68. The van der Waals surface area contributed by atoms with Crippen LogP contribution in [0.25, 0.3) is 0 Å². The first kappa shape index (κ1) is 18.7. The molecule has 4 rings (SSSR count). The van der Waals surface area contributed by atoms with Gasteiger partial charge in [-0.25, -0.2) is 4.39 Å². The fourth-order valence-electron chi connectivity index (χ4n) is 3.26. The molecule has 1 heterocycles. The monoisotopic (exact) mass is 390 g/mol. The van der Waals surface area contributed by atoms with Gasteiger partial charge in [-0.2, -0.15) is 0 Å². The number of carbonyl (C=O) groups is 2. The highest BCUT2D eigenvalue weighted by Crippen LogP contribution is 2.29. The van der Waals surface area contributed by atoms with Crippen LogP contribution in [-0.2, 0) is 9.59 Å². The van der Waals surface area contributed by atoms with E-state index in [1.807, 2.05) is 30.3 Å². The third kappa shape index (κ3) is 4.27. The van der Waals surface area contributed by atoms with Gasteiger partial charge < -0.3 is 15.0 Å². The Kier molecular flexibility index (Phi) is 5.24. The zero-order chi connectivity index (χ0) is 20.2. The molecule has 3 aromatic rings. The maximum Gasteiger partial charge on any atom is 0.239 e. The van der Waals surface area contributed by atoms with E-state index < -0.39 is 5.92 Å². The molecule has 0 saturated carbocycles. The fourth-order valence-corrected chi connectivity index (χ4v) is 3.26. The van der Waals surface area contributed by atoms with Crippen molar-refractivity contribution >= 4 is 23.2 Å². The highest BCUT2D eigenvalue weighted by molar-refractivity contribution is 6.13. The first-order chi connectivity index (χ1) is 14.1. The molecule has 1 aliphatic heterocycles. The minimum atomic E-state index is -0.764. The first-order valence-corrected chi connectivity index (χ1v) is 9.31. The van der Waals surface area contributed by atoms with Crippen LogP contribution in [0.3, 0.4) is 0 Å². The summed E-state index contributed by atoms with van der Waals surface area (Å²) in [6.45, 7) is 0.458. The SMILES string of the molecule is O=C(Nc1ccc(F)cc1)C1CCN(c2ccc(Oc3ccccc3)cc2)C1=O. The van der Waals surface area contributed by atoms with Gasteiger partial charge in [0.2, 0.25) is 11.8 Å². The Morgan fingerprint density at radius 2 is 1.59 bits per heavy atom. The number of halogens is 1. The summed E-state index contributed by atoms with van der Waals surface area (Å²) in [6.07, 6.45) is 0.425. The first-order valence-electron chi connectivity index (χ1n) is 9.31. The molecule has 0 aliphatic carbocycles. The summed E-state index contributed by atoms with van der Waals surface area (Å²) in [6, 6.07) is 22.1. The average Bonchev–Trinajstić information content (AvgIpc) is 3.12. The maximum atomic E-state index is 13.0. The molecular weight excluding hydrogens is 371 g/mol. The topological polar surface area (TPSA) is 58.6 Å². The summed E-state index contributed by atoms with van der Waals surface area (Å²) in [4.78, 5) is 26.8. The van der Waals surface area contributed by atoms with Crippen LogP contribution in [0, 0.1) is 11.7 Å². The van der Waals surface area contributed by atoms with Gasteiger partial charge in [0.15, 0.2) is 0 Å².